The van der Waals surface area contributed by atoms with Crippen molar-refractivity contribution in [1.29, 1.82) is 0 Å². The molecule has 0 atom stereocenters. The van der Waals surface area contributed by atoms with E-state index in [1.165, 1.54) is 16.7 Å². The molecule has 0 spiro atoms. The molecule has 0 saturated heterocycles. The Hall–Kier alpha value is -1.50. The van der Waals surface area contributed by atoms with Gasteiger partial charge in [-0.1, -0.05) is 0 Å². The molecule has 2 heteroatoms. The molecule has 128 valence electrons. The van der Waals surface area contributed by atoms with Crippen molar-refractivity contribution in [3.05, 3.63) is 89.5 Å². The molecule has 0 aliphatic carbocycles. The van der Waals surface area contributed by atoms with Gasteiger partial charge in [-0.15, -0.1) is 0 Å². The summed E-state index contributed by atoms with van der Waals surface area (Å²) < 4.78 is 4.70. The molecule has 0 radical (unpaired) electrons. The van der Waals surface area contributed by atoms with E-state index in [1.54, 1.807) is 9.81 Å². The van der Waals surface area contributed by atoms with Gasteiger partial charge < -0.3 is 0 Å². The van der Waals surface area contributed by atoms with E-state index < -0.39 is 21.8 Å². The molecule has 0 aromatic heterocycles. The Morgan fingerprint density at radius 2 is 1.16 bits per heavy atom. The van der Waals surface area contributed by atoms with Gasteiger partial charge in [0.1, 0.15) is 0 Å². The normalized spacial score (nSPS) is 11.3. The second kappa shape index (κ2) is 8.25. The van der Waals surface area contributed by atoms with E-state index in [9.17, 15) is 0 Å². The summed E-state index contributed by atoms with van der Waals surface area (Å²) in [5.41, 5.74) is 4.14. The summed E-state index contributed by atoms with van der Waals surface area (Å²) in [4.78, 5) is 2.27. The van der Waals surface area contributed by atoms with E-state index in [0.29, 0.717) is 0 Å². The van der Waals surface area contributed by atoms with Crippen LogP contribution < -0.4 is 9.81 Å². The molecule has 0 saturated carbocycles. The zero-order valence-electron chi connectivity index (χ0n) is 15.5. The van der Waals surface area contributed by atoms with Crippen LogP contribution in [0.25, 0.3) is 0 Å². The fourth-order valence-corrected chi connectivity index (χ4v) is 12.4. The van der Waals surface area contributed by atoms with Crippen molar-refractivity contribution in [2.45, 2.75) is 20.4 Å². The molecule has 25 heavy (non-hydrogen) atoms. The average Bonchev–Trinajstić information content (AvgIpc) is 2.59. The van der Waals surface area contributed by atoms with Gasteiger partial charge in [0.15, 0.2) is 0 Å². The minimum absolute atomic E-state index is 1.000. The molecule has 0 unspecified atom stereocenters. The third kappa shape index (κ3) is 4.57. The van der Waals surface area contributed by atoms with E-state index in [0.717, 1.165) is 6.54 Å². The summed E-state index contributed by atoms with van der Waals surface area (Å²) >= 11 is -2.29. The molecule has 0 aliphatic rings. The summed E-state index contributed by atoms with van der Waals surface area (Å²) in [6, 6.07) is 27.6. The van der Waals surface area contributed by atoms with Gasteiger partial charge in [-0.05, 0) is 0 Å². The van der Waals surface area contributed by atoms with Gasteiger partial charge in [-0.2, -0.15) is 0 Å². The average molecular weight is 525 g/mol. The predicted molar refractivity (Wildman–Crippen MR) is 111 cm³/mol. The standard InChI is InChI=1S/C9H12N.2C7H7.Bi/c1-10(2)8-9-6-4-3-5-7-9;2*1-7-5-3-2-4-6-7;/h3-6H,8H2,1-2H3;2*3-6H,1H3;. The third-order valence-electron chi connectivity index (χ3n) is 4.30. The molecule has 1 nitrogen and oxygen atoms in total. The van der Waals surface area contributed by atoms with Crippen LogP contribution in [0.15, 0.2) is 72.8 Å². The van der Waals surface area contributed by atoms with Gasteiger partial charge in [0, 0.05) is 0 Å². The number of benzene rings is 3. The Balaban J connectivity index is 2.14. The van der Waals surface area contributed by atoms with Gasteiger partial charge in [0.25, 0.3) is 0 Å². The Kier molecular flexibility index (Phi) is 6.04. The summed E-state index contributed by atoms with van der Waals surface area (Å²) in [5.74, 6) is 0. The second-order valence-corrected chi connectivity index (χ2v) is 15.4. The van der Waals surface area contributed by atoms with Crippen molar-refractivity contribution in [2.75, 3.05) is 14.1 Å². The van der Waals surface area contributed by atoms with Crippen LogP contribution in [0.2, 0.25) is 0 Å². The molecule has 0 N–H and O–H groups in total. The first-order valence-corrected chi connectivity index (χ1v) is 13.9. The van der Waals surface area contributed by atoms with Crippen molar-refractivity contribution >= 4 is 31.6 Å². The minimum atomic E-state index is -2.29. The zero-order valence-corrected chi connectivity index (χ0v) is 19.0. The Morgan fingerprint density at radius 3 is 1.64 bits per heavy atom. The van der Waals surface area contributed by atoms with Crippen LogP contribution in [0, 0.1) is 13.8 Å². The zero-order chi connectivity index (χ0) is 17.8. The number of nitrogens with zero attached hydrogens (tertiary/aromatic N) is 1. The summed E-state index contributed by atoms with van der Waals surface area (Å²) in [6.45, 7) is 5.33. The SMILES string of the molecule is Cc1cc[c]([Bi]([c]2ccc(C)cc2)[c]2ccccc2CN(C)C)cc1. The number of hydrogen-bond donors (Lipinski definition) is 0. The molecule has 3 aromatic rings. The van der Waals surface area contributed by atoms with Crippen LogP contribution in [-0.2, 0) is 6.54 Å². The Bertz CT molecular complexity index is 774. The number of hydrogen-bond acceptors (Lipinski definition) is 1. The van der Waals surface area contributed by atoms with E-state index in [1.807, 2.05) is 0 Å². The van der Waals surface area contributed by atoms with E-state index >= 15 is 0 Å². The van der Waals surface area contributed by atoms with Crippen molar-refractivity contribution in [1.82, 2.24) is 4.90 Å². The molecule has 0 amide bonds. The van der Waals surface area contributed by atoms with Crippen LogP contribution in [0.3, 0.4) is 0 Å². The van der Waals surface area contributed by atoms with Crippen LogP contribution in [0.1, 0.15) is 16.7 Å². The topological polar surface area (TPSA) is 3.24 Å². The van der Waals surface area contributed by atoms with Crippen molar-refractivity contribution in [3.63, 3.8) is 0 Å². The van der Waals surface area contributed by atoms with Crippen LogP contribution in [0.5, 0.6) is 0 Å². The predicted octanol–water partition coefficient (Wildman–Crippen LogP) is 2.88. The molecule has 0 heterocycles. The second-order valence-electron chi connectivity index (χ2n) is 6.87. The summed E-state index contributed by atoms with van der Waals surface area (Å²) in [7, 11) is 4.30. The van der Waals surface area contributed by atoms with Crippen LogP contribution in [0.4, 0.5) is 0 Å². The van der Waals surface area contributed by atoms with Gasteiger partial charge in [-0.3, -0.25) is 0 Å². The molecular formula is C23H26BiN. The first-order valence-electron chi connectivity index (χ1n) is 8.71. The van der Waals surface area contributed by atoms with E-state index in [2.05, 4.69) is 106 Å². The summed E-state index contributed by atoms with van der Waals surface area (Å²) in [6.07, 6.45) is 0. The molecular weight excluding hydrogens is 499 g/mol. The van der Waals surface area contributed by atoms with E-state index in [4.69, 9.17) is 0 Å². The quantitative estimate of drug-likeness (QED) is 0.464. The van der Waals surface area contributed by atoms with Gasteiger partial charge in [-0.25, -0.2) is 0 Å². The molecule has 0 bridgehead atoms. The van der Waals surface area contributed by atoms with Crippen molar-refractivity contribution < 1.29 is 0 Å². The Morgan fingerprint density at radius 1 is 0.680 bits per heavy atom. The molecule has 3 aromatic carbocycles. The first-order chi connectivity index (χ1) is 12.0. The molecule has 0 fully saturated rings. The van der Waals surface area contributed by atoms with Gasteiger partial charge in [0.05, 0.1) is 0 Å². The van der Waals surface area contributed by atoms with Crippen LogP contribution >= 0.6 is 0 Å². The maximum absolute atomic E-state index is 2.37. The van der Waals surface area contributed by atoms with Crippen LogP contribution in [-0.4, -0.2) is 40.7 Å². The number of rotatable bonds is 5. The fraction of sp³-hybridized carbons (Fsp3) is 0.217. The fourth-order valence-electron chi connectivity index (χ4n) is 3.02. The first kappa shape index (κ1) is 18.3. The molecule has 0 aliphatic heterocycles. The maximum atomic E-state index is 2.37. The molecule has 3 rings (SSSR count). The van der Waals surface area contributed by atoms with Crippen molar-refractivity contribution in [3.8, 4) is 0 Å². The van der Waals surface area contributed by atoms with Crippen molar-refractivity contribution in [2.24, 2.45) is 0 Å². The summed E-state index contributed by atoms with van der Waals surface area (Å²) in [5, 5.41) is 0. The Labute approximate surface area is 160 Å². The monoisotopic (exact) mass is 525 g/mol. The van der Waals surface area contributed by atoms with Gasteiger partial charge in [0.2, 0.25) is 0 Å². The van der Waals surface area contributed by atoms with Gasteiger partial charge >= 0.3 is 160 Å². The third-order valence-corrected chi connectivity index (χ3v) is 14.2. The number of aryl methyl sites for hydroxylation is 2. The van der Waals surface area contributed by atoms with E-state index in [-0.39, 0.29) is 0 Å².